The highest BCUT2D eigenvalue weighted by molar-refractivity contribution is 5.41. The molecule has 1 N–H and O–H groups in total. The van der Waals surface area contributed by atoms with E-state index in [0.29, 0.717) is 23.5 Å². The predicted octanol–water partition coefficient (Wildman–Crippen LogP) is 6.39. The Morgan fingerprint density at radius 1 is 0.889 bits per heavy atom. The van der Waals surface area contributed by atoms with E-state index in [4.69, 9.17) is 0 Å². The van der Waals surface area contributed by atoms with Crippen LogP contribution >= 0.6 is 0 Å². The zero-order valence-corrected chi connectivity index (χ0v) is 16.2. The highest BCUT2D eigenvalue weighted by Crippen LogP contribution is 2.47. The molecule has 0 bridgehead atoms. The number of aromatic hydroxyl groups is 1. The monoisotopic (exact) mass is 356 g/mol. The highest BCUT2D eigenvalue weighted by atomic mass is 16.3. The third kappa shape index (κ3) is 3.51. The van der Waals surface area contributed by atoms with Gasteiger partial charge in [-0.2, -0.15) is 0 Å². The third-order valence-electron chi connectivity index (χ3n) is 6.42. The summed E-state index contributed by atoms with van der Waals surface area (Å²) >= 11 is 0. The molecule has 138 valence electrons. The van der Waals surface area contributed by atoms with Gasteiger partial charge in [0.05, 0.1) is 0 Å². The molecule has 1 aliphatic rings. The lowest BCUT2D eigenvalue weighted by Crippen LogP contribution is -2.29. The largest absolute Gasteiger partial charge is 0.508 e. The van der Waals surface area contributed by atoms with E-state index >= 15 is 0 Å². The van der Waals surface area contributed by atoms with E-state index in [1.54, 1.807) is 0 Å². The van der Waals surface area contributed by atoms with Crippen molar-refractivity contribution >= 4 is 0 Å². The van der Waals surface area contributed by atoms with E-state index in [-0.39, 0.29) is 0 Å². The first-order valence-corrected chi connectivity index (χ1v) is 10.1. The summed E-state index contributed by atoms with van der Waals surface area (Å²) in [5, 5.41) is 9.71. The van der Waals surface area contributed by atoms with Gasteiger partial charge in [-0.1, -0.05) is 74.0 Å². The molecule has 0 amide bonds. The van der Waals surface area contributed by atoms with Gasteiger partial charge >= 0.3 is 0 Å². The molecule has 0 aliphatic heterocycles. The van der Waals surface area contributed by atoms with Crippen LogP contribution in [0.5, 0.6) is 5.75 Å². The molecule has 27 heavy (non-hydrogen) atoms. The van der Waals surface area contributed by atoms with Gasteiger partial charge in [-0.05, 0) is 77.5 Å². The summed E-state index contributed by atoms with van der Waals surface area (Å²) in [6, 6.07) is 25.7. The number of aryl methyl sites for hydroxylation is 1. The van der Waals surface area contributed by atoms with Crippen LogP contribution in [0.3, 0.4) is 0 Å². The van der Waals surface area contributed by atoms with Gasteiger partial charge in [-0.15, -0.1) is 0 Å². The van der Waals surface area contributed by atoms with Crippen LogP contribution in [0, 0.1) is 12.8 Å². The quantitative estimate of drug-likeness (QED) is 0.574. The van der Waals surface area contributed by atoms with Gasteiger partial charge in [-0.25, -0.2) is 0 Å². The molecule has 0 radical (unpaired) electrons. The molecule has 1 nitrogen and oxygen atoms in total. The summed E-state index contributed by atoms with van der Waals surface area (Å²) in [7, 11) is 0. The van der Waals surface area contributed by atoms with Gasteiger partial charge in [0.15, 0.2) is 0 Å². The molecular formula is C26H28O. The fourth-order valence-electron chi connectivity index (χ4n) is 4.97. The van der Waals surface area contributed by atoms with Crippen molar-refractivity contribution in [3.05, 3.63) is 101 Å². The Kier molecular flexibility index (Phi) is 5.03. The van der Waals surface area contributed by atoms with Crippen LogP contribution in [0.4, 0.5) is 0 Å². The minimum absolute atomic E-state index is 0.347. The smallest absolute Gasteiger partial charge is 0.115 e. The molecule has 3 unspecified atom stereocenters. The molecule has 1 heteroatoms. The van der Waals surface area contributed by atoms with Crippen LogP contribution in [0.25, 0.3) is 0 Å². The Morgan fingerprint density at radius 3 is 2.33 bits per heavy atom. The van der Waals surface area contributed by atoms with Crippen molar-refractivity contribution in [3.63, 3.8) is 0 Å². The van der Waals surface area contributed by atoms with Crippen LogP contribution < -0.4 is 0 Å². The van der Waals surface area contributed by atoms with Gasteiger partial charge in [0.2, 0.25) is 0 Å². The van der Waals surface area contributed by atoms with Crippen molar-refractivity contribution in [1.29, 1.82) is 0 Å². The van der Waals surface area contributed by atoms with E-state index < -0.39 is 0 Å². The number of rotatable bonds is 4. The number of phenolic OH excluding ortho intramolecular Hbond substituents is 1. The second-order valence-corrected chi connectivity index (χ2v) is 7.91. The van der Waals surface area contributed by atoms with Crippen LogP contribution in [0.15, 0.2) is 72.8 Å². The molecular weight excluding hydrogens is 328 g/mol. The molecule has 4 rings (SSSR count). The Morgan fingerprint density at radius 2 is 1.59 bits per heavy atom. The van der Waals surface area contributed by atoms with Crippen molar-refractivity contribution in [2.75, 3.05) is 0 Å². The molecule has 0 saturated heterocycles. The molecule has 3 aromatic carbocycles. The van der Waals surface area contributed by atoms with Crippen LogP contribution in [0.2, 0.25) is 0 Å². The predicted molar refractivity (Wildman–Crippen MR) is 112 cm³/mol. The number of benzene rings is 3. The molecule has 0 saturated carbocycles. The summed E-state index contributed by atoms with van der Waals surface area (Å²) in [4.78, 5) is 0. The molecule has 0 spiro atoms. The first kappa shape index (κ1) is 17.9. The maximum absolute atomic E-state index is 9.71. The minimum Gasteiger partial charge on any atom is -0.508 e. The lowest BCUT2D eigenvalue weighted by atomic mass is 9.64. The zero-order chi connectivity index (χ0) is 18.8. The third-order valence-corrected chi connectivity index (χ3v) is 6.42. The van der Waals surface area contributed by atoms with Crippen molar-refractivity contribution < 1.29 is 5.11 Å². The van der Waals surface area contributed by atoms with E-state index in [1.165, 1.54) is 27.8 Å². The van der Waals surface area contributed by atoms with Gasteiger partial charge in [0.1, 0.15) is 5.75 Å². The molecule has 0 fully saturated rings. The lowest BCUT2D eigenvalue weighted by Gasteiger charge is -2.40. The summed E-state index contributed by atoms with van der Waals surface area (Å²) in [6.07, 6.45) is 3.34. The first-order valence-electron chi connectivity index (χ1n) is 10.1. The van der Waals surface area contributed by atoms with Gasteiger partial charge in [0, 0.05) is 0 Å². The van der Waals surface area contributed by atoms with Crippen LogP contribution in [-0.2, 0) is 12.8 Å². The fraction of sp³-hybridized carbons (Fsp3) is 0.308. The van der Waals surface area contributed by atoms with Crippen molar-refractivity contribution in [3.8, 4) is 5.75 Å². The molecule has 3 aromatic rings. The SMILES string of the molecule is CCC1C(c2ccc(O)cc2)Cc2ccccc2C1Cc1ccccc1C. The number of fused-ring (bicyclic) bond motifs is 1. The maximum Gasteiger partial charge on any atom is 0.115 e. The standard InChI is InChI=1S/C26H28O/c1-3-23-25(19-12-14-22(27)15-13-19)17-21-10-6-7-11-24(21)26(23)16-20-9-5-4-8-18(20)2/h4-15,23,25-27H,3,16-17H2,1-2H3. The van der Waals surface area contributed by atoms with Gasteiger partial charge in [-0.3, -0.25) is 0 Å². The number of hydrogen-bond acceptors (Lipinski definition) is 1. The summed E-state index contributed by atoms with van der Waals surface area (Å²) in [5.74, 6) is 1.97. The van der Waals surface area contributed by atoms with E-state index in [0.717, 1.165) is 19.3 Å². The normalized spacial score (nSPS) is 21.6. The van der Waals surface area contributed by atoms with Gasteiger partial charge in [0.25, 0.3) is 0 Å². The second kappa shape index (κ2) is 7.60. The van der Waals surface area contributed by atoms with Gasteiger partial charge < -0.3 is 5.11 Å². The lowest BCUT2D eigenvalue weighted by molar-refractivity contribution is 0.311. The summed E-state index contributed by atoms with van der Waals surface area (Å²) in [5.41, 5.74) is 7.21. The average Bonchev–Trinajstić information content (AvgIpc) is 2.70. The maximum atomic E-state index is 9.71. The molecule has 3 atom stereocenters. The minimum atomic E-state index is 0.347. The fourth-order valence-corrected chi connectivity index (χ4v) is 4.97. The topological polar surface area (TPSA) is 20.2 Å². The summed E-state index contributed by atoms with van der Waals surface area (Å²) in [6.45, 7) is 4.55. The average molecular weight is 357 g/mol. The number of hydrogen-bond donors (Lipinski definition) is 1. The Hall–Kier alpha value is -2.54. The van der Waals surface area contributed by atoms with Crippen molar-refractivity contribution in [2.24, 2.45) is 5.92 Å². The zero-order valence-electron chi connectivity index (χ0n) is 16.2. The second-order valence-electron chi connectivity index (χ2n) is 7.91. The van der Waals surface area contributed by atoms with E-state index in [2.05, 4.69) is 74.5 Å². The van der Waals surface area contributed by atoms with Crippen LogP contribution in [0.1, 0.15) is 53.0 Å². The summed E-state index contributed by atoms with van der Waals surface area (Å²) < 4.78 is 0. The van der Waals surface area contributed by atoms with Crippen molar-refractivity contribution in [1.82, 2.24) is 0 Å². The number of phenols is 1. The Labute approximate surface area is 162 Å². The Balaban J connectivity index is 1.77. The van der Waals surface area contributed by atoms with E-state index in [1.807, 2.05) is 12.1 Å². The van der Waals surface area contributed by atoms with E-state index in [9.17, 15) is 5.11 Å². The molecule has 0 heterocycles. The Bertz CT molecular complexity index is 910. The molecule has 1 aliphatic carbocycles. The van der Waals surface area contributed by atoms with Crippen LogP contribution in [-0.4, -0.2) is 5.11 Å². The highest BCUT2D eigenvalue weighted by Gasteiger charge is 2.36. The van der Waals surface area contributed by atoms with Crippen molar-refractivity contribution in [2.45, 2.75) is 44.9 Å². The molecule has 0 aromatic heterocycles. The first-order chi connectivity index (χ1) is 13.2.